The van der Waals surface area contributed by atoms with Crippen LogP contribution in [0.2, 0.25) is 0 Å². The largest absolute Gasteiger partial charge is 0.492 e. The molecule has 152 valence electrons. The summed E-state index contributed by atoms with van der Waals surface area (Å²) in [6.07, 6.45) is 0. The SMILES string of the molecule is CC1Sc2ccc(C(=O)N3CCN(CCOc4ccccc4)CC3)cc2NC1=O. The second-order valence-corrected chi connectivity index (χ2v) is 8.64. The van der Waals surface area contributed by atoms with E-state index in [0.29, 0.717) is 25.3 Å². The zero-order chi connectivity index (χ0) is 20.2. The summed E-state index contributed by atoms with van der Waals surface area (Å²) < 4.78 is 5.76. The van der Waals surface area contributed by atoms with Crippen LogP contribution in [-0.2, 0) is 4.79 Å². The van der Waals surface area contributed by atoms with E-state index in [1.54, 1.807) is 6.07 Å². The number of hydrogen-bond donors (Lipinski definition) is 1. The van der Waals surface area contributed by atoms with Crippen LogP contribution in [0.4, 0.5) is 5.69 Å². The minimum absolute atomic E-state index is 0.0153. The Balaban J connectivity index is 1.28. The summed E-state index contributed by atoms with van der Waals surface area (Å²) in [5, 5.41) is 2.79. The Bertz CT molecular complexity index is 882. The van der Waals surface area contributed by atoms with Gasteiger partial charge in [0.1, 0.15) is 12.4 Å². The first-order valence-electron chi connectivity index (χ1n) is 9.91. The van der Waals surface area contributed by atoms with Crippen molar-refractivity contribution in [2.75, 3.05) is 44.6 Å². The molecule has 1 saturated heterocycles. The van der Waals surface area contributed by atoms with Gasteiger partial charge in [-0.15, -0.1) is 11.8 Å². The van der Waals surface area contributed by atoms with E-state index in [1.165, 1.54) is 11.8 Å². The number of carbonyl (C=O) groups is 2. The monoisotopic (exact) mass is 411 g/mol. The van der Waals surface area contributed by atoms with Gasteiger partial charge in [-0.05, 0) is 37.3 Å². The van der Waals surface area contributed by atoms with Crippen LogP contribution in [-0.4, -0.2) is 66.2 Å². The van der Waals surface area contributed by atoms with E-state index in [1.807, 2.05) is 54.3 Å². The molecule has 7 heteroatoms. The zero-order valence-corrected chi connectivity index (χ0v) is 17.3. The van der Waals surface area contributed by atoms with Crippen molar-refractivity contribution in [2.45, 2.75) is 17.1 Å². The summed E-state index contributed by atoms with van der Waals surface area (Å²) in [5.41, 5.74) is 1.36. The second kappa shape index (κ2) is 8.88. The smallest absolute Gasteiger partial charge is 0.254 e. The van der Waals surface area contributed by atoms with Crippen LogP contribution >= 0.6 is 11.8 Å². The highest BCUT2D eigenvalue weighted by Crippen LogP contribution is 2.36. The van der Waals surface area contributed by atoms with Crippen molar-refractivity contribution in [3.8, 4) is 5.75 Å². The third-order valence-corrected chi connectivity index (χ3v) is 6.41. The molecule has 1 atom stereocenters. The number of anilines is 1. The summed E-state index contributed by atoms with van der Waals surface area (Å²) in [6.45, 7) is 6.42. The number of fused-ring (bicyclic) bond motifs is 1. The molecule has 0 aromatic heterocycles. The fourth-order valence-electron chi connectivity index (χ4n) is 3.51. The highest BCUT2D eigenvalue weighted by Gasteiger charge is 2.26. The number of rotatable bonds is 5. The van der Waals surface area contributed by atoms with Crippen LogP contribution in [0, 0.1) is 0 Å². The molecule has 6 nitrogen and oxygen atoms in total. The number of nitrogens with zero attached hydrogens (tertiary/aromatic N) is 2. The van der Waals surface area contributed by atoms with E-state index in [-0.39, 0.29) is 17.1 Å². The molecule has 4 rings (SSSR count). The van der Waals surface area contributed by atoms with E-state index < -0.39 is 0 Å². The topological polar surface area (TPSA) is 61.9 Å². The molecule has 2 aromatic carbocycles. The number of para-hydroxylation sites is 1. The van der Waals surface area contributed by atoms with Gasteiger partial charge in [0.25, 0.3) is 5.91 Å². The van der Waals surface area contributed by atoms with Gasteiger partial charge in [-0.3, -0.25) is 14.5 Å². The van der Waals surface area contributed by atoms with Gasteiger partial charge in [-0.2, -0.15) is 0 Å². The average Bonchev–Trinajstić information content (AvgIpc) is 2.75. The third kappa shape index (κ3) is 4.74. The fourth-order valence-corrected chi connectivity index (χ4v) is 4.44. The number of hydrogen-bond acceptors (Lipinski definition) is 5. The van der Waals surface area contributed by atoms with E-state index in [2.05, 4.69) is 10.2 Å². The minimum Gasteiger partial charge on any atom is -0.492 e. The average molecular weight is 412 g/mol. The molecule has 0 saturated carbocycles. The van der Waals surface area contributed by atoms with Gasteiger partial charge in [0.05, 0.1) is 10.9 Å². The molecule has 0 spiro atoms. The zero-order valence-electron chi connectivity index (χ0n) is 16.5. The van der Waals surface area contributed by atoms with Crippen LogP contribution in [0.5, 0.6) is 5.75 Å². The molecule has 1 fully saturated rings. The number of piperazine rings is 1. The molecular formula is C22H25N3O3S. The molecule has 29 heavy (non-hydrogen) atoms. The van der Waals surface area contributed by atoms with Gasteiger partial charge < -0.3 is 15.0 Å². The van der Waals surface area contributed by atoms with Crippen LogP contribution in [0.1, 0.15) is 17.3 Å². The molecule has 0 radical (unpaired) electrons. The lowest BCUT2D eigenvalue weighted by Gasteiger charge is -2.34. The Morgan fingerprint density at radius 2 is 1.90 bits per heavy atom. The highest BCUT2D eigenvalue weighted by atomic mass is 32.2. The number of thioether (sulfide) groups is 1. The van der Waals surface area contributed by atoms with Gasteiger partial charge in [0, 0.05) is 43.2 Å². The fraction of sp³-hybridized carbons (Fsp3) is 0.364. The molecule has 2 amide bonds. The van der Waals surface area contributed by atoms with Crippen LogP contribution in [0.3, 0.4) is 0 Å². The Hall–Kier alpha value is -2.51. The van der Waals surface area contributed by atoms with E-state index in [9.17, 15) is 9.59 Å². The maximum Gasteiger partial charge on any atom is 0.254 e. The normalized spacial score (nSPS) is 19.4. The Labute approximate surface area is 175 Å². The van der Waals surface area contributed by atoms with Crippen molar-refractivity contribution in [1.29, 1.82) is 0 Å². The molecular weight excluding hydrogens is 386 g/mol. The molecule has 0 aliphatic carbocycles. The Kier molecular flexibility index (Phi) is 6.06. The van der Waals surface area contributed by atoms with Crippen LogP contribution < -0.4 is 10.1 Å². The Morgan fingerprint density at radius 1 is 1.14 bits per heavy atom. The third-order valence-electron chi connectivity index (χ3n) is 5.24. The predicted molar refractivity (Wildman–Crippen MR) is 115 cm³/mol. The summed E-state index contributed by atoms with van der Waals surface area (Å²) in [4.78, 5) is 30.0. The quantitative estimate of drug-likeness (QED) is 0.820. The first-order chi connectivity index (χ1) is 14.1. The van der Waals surface area contributed by atoms with Crippen molar-refractivity contribution in [1.82, 2.24) is 9.80 Å². The maximum atomic E-state index is 12.9. The number of amides is 2. The minimum atomic E-state index is -0.108. The lowest BCUT2D eigenvalue weighted by Crippen LogP contribution is -2.49. The Morgan fingerprint density at radius 3 is 2.66 bits per heavy atom. The molecule has 2 aliphatic heterocycles. The molecule has 2 aromatic rings. The second-order valence-electron chi connectivity index (χ2n) is 7.26. The molecule has 2 aliphatic rings. The maximum absolute atomic E-state index is 12.9. The van der Waals surface area contributed by atoms with E-state index >= 15 is 0 Å². The lowest BCUT2D eigenvalue weighted by atomic mass is 10.1. The molecule has 1 unspecified atom stereocenters. The van der Waals surface area contributed by atoms with Crippen molar-refractivity contribution in [3.63, 3.8) is 0 Å². The van der Waals surface area contributed by atoms with Crippen LogP contribution in [0.25, 0.3) is 0 Å². The number of carbonyl (C=O) groups excluding carboxylic acids is 2. The number of benzene rings is 2. The molecule has 1 N–H and O–H groups in total. The lowest BCUT2D eigenvalue weighted by molar-refractivity contribution is -0.115. The molecule has 2 heterocycles. The number of nitrogens with one attached hydrogen (secondary N) is 1. The summed E-state index contributed by atoms with van der Waals surface area (Å²) in [6, 6.07) is 15.4. The molecule has 0 bridgehead atoms. The summed E-state index contributed by atoms with van der Waals surface area (Å²) in [7, 11) is 0. The van der Waals surface area contributed by atoms with Gasteiger partial charge in [-0.1, -0.05) is 18.2 Å². The first-order valence-corrected chi connectivity index (χ1v) is 10.8. The summed E-state index contributed by atoms with van der Waals surface area (Å²) in [5.74, 6) is 0.887. The van der Waals surface area contributed by atoms with Gasteiger partial charge in [0.2, 0.25) is 5.91 Å². The highest BCUT2D eigenvalue weighted by molar-refractivity contribution is 8.00. The van der Waals surface area contributed by atoms with Crippen LogP contribution in [0.15, 0.2) is 53.4 Å². The first kappa shape index (κ1) is 19.8. The van der Waals surface area contributed by atoms with E-state index in [4.69, 9.17) is 4.74 Å². The van der Waals surface area contributed by atoms with Crippen molar-refractivity contribution >= 4 is 29.3 Å². The van der Waals surface area contributed by atoms with Gasteiger partial charge in [-0.25, -0.2) is 0 Å². The van der Waals surface area contributed by atoms with Gasteiger partial charge >= 0.3 is 0 Å². The van der Waals surface area contributed by atoms with Crippen molar-refractivity contribution in [2.24, 2.45) is 0 Å². The predicted octanol–water partition coefficient (Wildman–Crippen LogP) is 2.96. The standard InChI is InChI=1S/C22H25N3O3S/c1-16-21(26)23-19-15-17(7-8-20(19)29-16)22(27)25-11-9-24(10-12-25)13-14-28-18-5-3-2-4-6-18/h2-8,15-16H,9-14H2,1H3,(H,23,26). The number of ether oxygens (including phenoxy) is 1. The summed E-state index contributed by atoms with van der Waals surface area (Å²) >= 11 is 1.53. The van der Waals surface area contributed by atoms with Crippen molar-refractivity contribution < 1.29 is 14.3 Å². The van der Waals surface area contributed by atoms with Crippen molar-refractivity contribution in [3.05, 3.63) is 54.1 Å². The van der Waals surface area contributed by atoms with Gasteiger partial charge in [0.15, 0.2) is 0 Å². The van der Waals surface area contributed by atoms with E-state index in [0.717, 1.165) is 36.0 Å².